The molecule has 1 aliphatic heterocycles. The molecule has 0 saturated carbocycles. The van der Waals surface area contributed by atoms with Gasteiger partial charge in [-0.15, -0.1) is 0 Å². The van der Waals surface area contributed by atoms with Crippen molar-refractivity contribution < 1.29 is 8.42 Å². The van der Waals surface area contributed by atoms with Gasteiger partial charge in [-0.3, -0.25) is 0 Å². The smallest absolute Gasteiger partial charge is 0.178 e. The lowest BCUT2D eigenvalue weighted by atomic mass is 10.2. The van der Waals surface area contributed by atoms with Gasteiger partial charge in [-0.2, -0.15) is 0 Å². The zero-order valence-corrected chi connectivity index (χ0v) is 12.4. The summed E-state index contributed by atoms with van der Waals surface area (Å²) >= 11 is 5.32. The zero-order chi connectivity index (χ0) is 13.6. The molecule has 1 aromatic carbocycles. The van der Waals surface area contributed by atoms with Crippen LogP contribution in [-0.2, 0) is 16.4 Å². The first-order chi connectivity index (χ1) is 8.97. The van der Waals surface area contributed by atoms with Gasteiger partial charge in [0, 0.05) is 6.54 Å². The Morgan fingerprint density at radius 1 is 1.47 bits per heavy atom. The lowest BCUT2D eigenvalue weighted by Crippen LogP contribution is -2.22. The summed E-state index contributed by atoms with van der Waals surface area (Å²) in [6.45, 7) is 2.48. The van der Waals surface area contributed by atoms with Crippen LogP contribution in [0.2, 0.25) is 0 Å². The number of nitrogens with zero attached hydrogens (tertiary/aromatic N) is 1. The number of aromatic nitrogens is 2. The van der Waals surface area contributed by atoms with Gasteiger partial charge < -0.3 is 9.55 Å². The predicted molar refractivity (Wildman–Crippen MR) is 78.7 cm³/mol. The highest BCUT2D eigenvalue weighted by atomic mass is 32.2. The van der Waals surface area contributed by atoms with Gasteiger partial charge >= 0.3 is 0 Å². The topological polar surface area (TPSA) is 54.9 Å². The van der Waals surface area contributed by atoms with Gasteiger partial charge in [0.05, 0.1) is 22.0 Å². The Balaban J connectivity index is 2.08. The van der Waals surface area contributed by atoms with Crippen LogP contribution in [-0.4, -0.2) is 29.0 Å². The molecule has 0 amide bonds. The number of aromatic amines is 1. The molecule has 1 saturated heterocycles. The summed E-state index contributed by atoms with van der Waals surface area (Å²) < 4.78 is 26.4. The first-order valence-corrected chi connectivity index (χ1v) is 8.50. The molecule has 1 aromatic heterocycles. The summed E-state index contributed by atoms with van der Waals surface area (Å²) in [5.41, 5.74) is 3.10. The monoisotopic (exact) mass is 296 g/mol. The number of sulfone groups is 1. The van der Waals surface area contributed by atoms with Crippen molar-refractivity contribution in [3.8, 4) is 0 Å². The Hall–Kier alpha value is -1.14. The predicted octanol–water partition coefficient (Wildman–Crippen LogP) is 2.58. The number of aryl methyl sites for hydroxylation is 1. The van der Waals surface area contributed by atoms with Crippen LogP contribution >= 0.6 is 12.2 Å². The van der Waals surface area contributed by atoms with E-state index in [4.69, 9.17) is 12.2 Å². The number of hydrogen-bond donors (Lipinski definition) is 1. The van der Waals surface area contributed by atoms with Crippen molar-refractivity contribution in [2.45, 2.75) is 31.6 Å². The van der Waals surface area contributed by atoms with Crippen LogP contribution in [0.15, 0.2) is 18.2 Å². The van der Waals surface area contributed by atoms with E-state index < -0.39 is 9.84 Å². The third-order valence-corrected chi connectivity index (χ3v) is 6.36. The first-order valence-electron chi connectivity index (χ1n) is 6.38. The number of nitrogens with one attached hydrogen (secondary N) is 1. The minimum atomic E-state index is -2.94. The molecular weight excluding hydrogens is 280 g/mol. The molecule has 1 N–H and O–H groups in total. The van der Waals surface area contributed by atoms with Gasteiger partial charge in [0.2, 0.25) is 0 Å². The van der Waals surface area contributed by atoms with Crippen LogP contribution in [0.3, 0.4) is 0 Å². The van der Waals surface area contributed by atoms with E-state index in [1.807, 2.05) is 29.7 Å². The summed E-state index contributed by atoms with van der Waals surface area (Å²) in [5.74, 6) is 0.312. The minimum absolute atomic E-state index is 0.293. The highest BCUT2D eigenvalue weighted by Gasteiger charge is 2.31. The van der Waals surface area contributed by atoms with E-state index in [9.17, 15) is 8.42 Å². The summed E-state index contributed by atoms with van der Waals surface area (Å²) in [7, 11) is -2.94. The highest BCUT2D eigenvalue weighted by Crippen LogP contribution is 2.24. The van der Waals surface area contributed by atoms with E-state index in [0.29, 0.717) is 17.1 Å². The van der Waals surface area contributed by atoms with Crippen LogP contribution < -0.4 is 0 Å². The van der Waals surface area contributed by atoms with Gasteiger partial charge in [0.15, 0.2) is 14.6 Å². The first kappa shape index (κ1) is 12.9. The fraction of sp³-hybridized carbons (Fsp3) is 0.462. The van der Waals surface area contributed by atoms with Crippen LogP contribution in [0.1, 0.15) is 18.4 Å². The molecule has 0 aliphatic carbocycles. The number of benzene rings is 1. The minimum Gasteiger partial charge on any atom is -0.331 e. The Morgan fingerprint density at radius 3 is 2.95 bits per heavy atom. The van der Waals surface area contributed by atoms with E-state index >= 15 is 0 Å². The molecule has 0 spiro atoms. The molecule has 6 heteroatoms. The largest absolute Gasteiger partial charge is 0.331 e. The molecule has 0 bridgehead atoms. The highest BCUT2D eigenvalue weighted by molar-refractivity contribution is 7.92. The van der Waals surface area contributed by atoms with Crippen molar-refractivity contribution >= 4 is 33.1 Å². The lowest BCUT2D eigenvalue weighted by molar-refractivity contribution is 0.568. The number of imidazole rings is 1. The maximum atomic E-state index is 11.9. The maximum absolute atomic E-state index is 11.9. The second-order valence-electron chi connectivity index (χ2n) is 5.19. The van der Waals surface area contributed by atoms with E-state index in [-0.39, 0.29) is 5.25 Å². The normalized spacial score (nSPS) is 22.1. The number of fused-ring (bicyclic) bond motifs is 1. The molecule has 0 radical (unpaired) electrons. The molecule has 2 aromatic rings. The molecule has 3 rings (SSSR count). The van der Waals surface area contributed by atoms with Crippen molar-refractivity contribution in [3.05, 3.63) is 28.5 Å². The number of rotatable bonds is 2. The van der Waals surface area contributed by atoms with Gasteiger partial charge in [0.1, 0.15) is 0 Å². The Kier molecular flexibility index (Phi) is 3.02. The van der Waals surface area contributed by atoms with Gasteiger partial charge in [-0.25, -0.2) is 8.42 Å². The molecule has 2 heterocycles. The number of H-pyrrole nitrogens is 1. The summed E-state index contributed by atoms with van der Waals surface area (Å²) in [4.78, 5) is 3.14. The maximum Gasteiger partial charge on any atom is 0.178 e. The Bertz CT molecular complexity index is 787. The lowest BCUT2D eigenvalue weighted by Gasteiger charge is -2.11. The van der Waals surface area contributed by atoms with E-state index in [0.717, 1.165) is 29.4 Å². The van der Waals surface area contributed by atoms with Crippen molar-refractivity contribution in [1.29, 1.82) is 0 Å². The van der Waals surface area contributed by atoms with Gasteiger partial charge in [-0.05, 0) is 49.7 Å². The second kappa shape index (κ2) is 4.45. The molecule has 1 fully saturated rings. The van der Waals surface area contributed by atoms with E-state index in [2.05, 4.69) is 4.98 Å². The standard InChI is InChI=1S/C13H16N2O2S2/c1-9-4-5-11-12(7-9)15(13(18)14-11)8-10-3-2-6-19(10,16)17/h4-5,7,10H,2-3,6,8H2,1H3,(H,14,18). The van der Waals surface area contributed by atoms with Crippen molar-refractivity contribution in [2.24, 2.45) is 0 Å². The molecule has 19 heavy (non-hydrogen) atoms. The second-order valence-corrected chi connectivity index (χ2v) is 7.98. The van der Waals surface area contributed by atoms with Crippen molar-refractivity contribution in [1.82, 2.24) is 9.55 Å². The Morgan fingerprint density at radius 2 is 2.26 bits per heavy atom. The summed E-state index contributed by atoms with van der Waals surface area (Å²) in [6, 6.07) is 6.05. The van der Waals surface area contributed by atoms with Crippen LogP contribution in [0, 0.1) is 11.7 Å². The molecular formula is C13H16N2O2S2. The summed E-state index contributed by atoms with van der Waals surface area (Å²) in [5, 5.41) is -0.293. The average Bonchev–Trinajstić information content (AvgIpc) is 2.82. The van der Waals surface area contributed by atoms with E-state index in [1.165, 1.54) is 0 Å². The molecule has 102 valence electrons. The third kappa shape index (κ3) is 2.23. The van der Waals surface area contributed by atoms with Gasteiger partial charge in [0.25, 0.3) is 0 Å². The fourth-order valence-electron chi connectivity index (χ4n) is 2.71. The SMILES string of the molecule is Cc1ccc2[nH]c(=S)n(CC3CCCS3(=O)=O)c2c1. The Labute approximate surface area is 117 Å². The summed E-state index contributed by atoms with van der Waals surface area (Å²) in [6.07, 6.45) is 1.50. The number of hydrogen-bond acceptors (Lipinski definition) is 3. The quantitative estimate of drug-likeness (QED) is 0.867. The van der Waals surface area contributed by atoms with Crippen LogP contribution in [0.5, 0.6) is 0 Å². The van der Waals surface area contributed by atoms with E-state index in [1.54, 1.807) is 0 Å². The molecule has 1 unspecified atom stereocenters. The van der Waals surface area contributed by atoms with Crippen molar-refractivity contribution in [2.75, 3.05) is 5.75 Å². The van der Waals surface area contributed by atoms with Crippen LogP contribution in [0.25, 0.3) is 11.0 Å². The molecule has 4 nitrogen and oxygen atoms in total. The average molecular weight is 296 g/mol. The molecule has 1 aliphatic rings. The fourth-order valence-corrected chi connectivity index (χ4v) is 4.80. The third-order valence-electron chi connectivity index (χ3n) is 3.78. The van der Waals surface area contributed by atoms with Gasteiger partial charge in [-0.1, -0.05) is 6.07 Å². The molecule has 1 atom stereocenters. The zero-order valence-electron chi connectivity index (χ0n) is 10.7. The van der Waals surface area contributed by atoms with Crippen molar-refractivity contribution in [3.63, 3.8) is 0 Å². The van der Waals surface area contributed by atoms with Crippen LogP contribution in [0.4, 0.5) is 0 Å².